The summed E-state index contributed by atoms with van der Waals surface area (Å²) in [6, 6.07) is 7.31. The first-order chi connectivity index (χ1) is 15.3. The first-order valence-corrected chi connectivity index (χ1v) is 10.8. The van der Waals surface area contributed by atoms with Gasteiger partial charge in [0, 0.05) is 34.4 Å². The van der Waals surface area contributed by atoms with Crippen LogP contribution in [0.4, 0.5) is 17.6 Å². The summed E-state index contributed by atoms with van der Waals surface area (Å²) in [4.78, 5) is 29.5. The summed E-state index contributed by atoms with van der Waals surface area (Å²) in [5, 5.41) is 2.86. The van der Waals surface area contributed by atoms with Crippen LogP contribution in [-0.4, -0.2) is 41.5 Å². The maximum Gasteiger partial charge on any atom is 0.417 e. The Morgan fingerprint density at radius 3 is 2.59 bits per heavy atom. The predicted molar refractivity (Wildman–Crippen MR) is 113 cm³/mol. The van der Waals surface area contributed by atoms with Crippen LogP contribution in [0.2, 0.25) is 0 Å². The molecule has 0 unspecified atom stereocenters. The highest BCUT2D eigenvalue weighted by Crippen LogP contribution is 2.41. The Kier molecular flexibility index (Phi) is 6.14. The smallest absolute Gasteiger partial charge is 0.354 e. The Morgan fingerprint density at radius 2 is 1.97 bits per heavy atom. The fourth-order valence-corrected chi connectivity index (χ4v) is 4.84. The lowest BCUT2D eigenvalue weighted by Gasteiger charge is -2.28. The lowest BCUT2D eigenvalue weighted by Crippen LogP contribution is -2.39. The Bertz CT molecular complexity index is 1140. The van der Waals surface area contributed by atoms with Crippen LogP contribution in [0.15, 0.2) is 36.5 Å². The second-order valence-electron chi connectivity index (χ2n) is 7.55. The number of amides is 2. The molecule has 1 fully saturated rings. The zero-order valence-corrected chi connectivity index (χ0v) is 17.6. The van der Waals surface area contributed by atoms with Crippen molar-refractivity contribution in [1.82, 2.24) is 15.2 Å². The van der Waals surface area contributed by atoms with Gasteiger partial charge >= 0.3 is 6.18 Å². The number of hydrogen-bond donors (Lipinski definition) is 1. The topological polar surface area (TPSA) is 62.3 Å². The standard InChI is InChI=1S/C22H19F4N3O2S/c23-16-3-5-29(6-4-16)21(31)13-1-2-19(28-10-13)14-7-15-8-17(11-27-12-30)32-20(15)18(9-14)22(24,25)26/h1-2,7-10,12,16H,3-6,11H2,(H,27,30). The van der Waals surface area contributed by atoms with Gasteiger partial charge in [0.15, 0.2) is 0 Å². The van der Waals surface area contributed by atoms with Crippen molar-refractivity contribution in [3.05, 3.63) is 52.5 Å². The van der Waals surface area contributed by atoms with E-state index < -0.39 is 17.9 Å². The zero-order valence-electron chi connectivity index (χ0n) is 16.8. The Hall–Kier alpha value is -3.01. The van der Waals surface area contributed by atoms with Crippen LogP contribution in [0.1, 0.15) is 33.6 Å². The van der Waals surface area contributed by atoms with Gasteiger partial charge in [-0.15, -0.1) is 11.3 Å². The largest absolute Gasteiger partial charge is 0.417 e. The summed E-state index contributed by atoms with van der Waals surface area (Å²) in [6.07, 6.45) is -3.04. The number of likely N-dealkylation sites (tertiary alicyclic amines) is 1. The molecule has 1 aromatic carbocycles. The van der Waals surface area contributed by atoms with E-state index in [9.17, 15) is 27.2 Å². The molecule has 32 heavy (non-hydrogen) atoms. The monoisotopic (exact) mass is 465 g/mol. The number of thiophene rings is 1. The molecule has 1 N–H and O–H groups in total. The first-order valence-electron chi connectivity index (χ1n) is 9.96. The average Bonchev–Trinajstić information content (AvgIpc) is 3.19. The third-order valence-corrected chi connectivity index (χ3v) is 6.53. The van der Waals surface area contributed by atoms with Gasteiger partial charge in [0.2, 0.25) is 6.41 Å². The summed E-state index contributed by atoms with van der Waals surface area (Å²) >= 11 is 0.978. The number of carbonyl (C=O) groups excluding carboxylic acids is 2. The molecule has 0 aliphatic carbocycles. The highest BCUT2D eigenvalue weighted by atomic mass is 32.1. The van der Waals surface area contributed by atoms with Crippen LogP contribution in [0.5, 0.6) is 0 Å². The van der Waals surface area contributed by atoms with Crippen molar-refractivity contribution < 1.29 is 27.2 Å². The van der Waals surface area contributed by atoms with Gasteiger partial charge in [0.1, 0.15) is 6.17 Å². The van der Waals surface area contributed by atoms with Crippen molar-refractivity contribution in [2.75, 3.05) is 13.1 Å². The fourth-order valence-electron chi connectivity index (χ4n) is 3.72. The van der Waals surface area contributed by atoms with E-state index in [1.54, 1.807) is 17.0 Å². The Balaban J connectivity index is 1.65. The number of piperidine rings is 1. The highest BCUT2D eigenvalue weighted by molar-refractivity contribution is 7.19. The van der Waals surface area contributed by atoms with Gasteiger partial charge in [-0.3, -0.25) is 14.6 Å². The highest BCUT2D eigenvalue weighted by Gasteiger charge is 2.34. The number of benzene rings is 1. The van der Waals surface area contributed by atoms with Gasteiger partial charge < -0.3 is 10.2 Å². The number of hydrogen-bond acceptors (Lipinski definition) is 4. The molecule has 3 aromatic rings. The first kappa shape index (κ1) is 22.2. The van der Waals surface area contributed by atoms with Gasteiger partial charge in [-0.25, -0.2) is 4.39 Å². The minimum atomic E-state index is -4.56. The van der Waals surface area contributed by atoms with Crippen LogP contribution >= 0.6 is 11.3 Å². The number of nitrogens with one attached hydrogen (secondary N) is 1. The summed E-state index contributed by atoms with van der Waals surface area (Å²) in [5.41, 5.74) is 0.106. The number of fused-ring (bicyclic) bond motifs is 1. The third-order valence-electron chi connectivity index (χ3n) is 5.35. The Labute approximate surface area is 185 Å². The molecule has 4 rings (SSSR count). The fraction of sp³-hybridized carbons (Fsp3) is 0.318. The van der Waals surface area contributed by atoms with E-state index >= 15 is 0 Å². The van der Waals surface area contributed by atoms with Crippen LogP contribution in [-0.2, 0) is 17.5 Å². The lowest BCUT2D eigenvalue weighted by atomic mass is 10.0. The van der Waals surface area contributed by atoms with Crippen LogP contribution in [0, 0.1) is 0 Å². The molecule has 0 bridgehead atoms. The maximum absolute atomic E-state index is 13.7. The minimum absolute atomic E-state index is 0.0898. The molecule has 5 nitrogen and oxygen atoms in total. The molecule has 168 valence electrons. The number of pyridine rings is 1. The second kappa shape index (κ2) is 8.85. The van der Waals surface area contributed by atoms with E-state index in [4.69, 9.17) is 0 Å². The summed E-state index contributed by atoms with van der Waals surface area (Å²) in [6.45, 7) is 0.795. The van der Waals surface area contributed by atoms with Gasteiger partial charge in [-0.1, -0.05) is 0 Å². The summed E-state index contributed by atoms with van der Waals surface area (Å²) in [7, 11) is 0. The average molecular weight is 465 g/mol. The Morgan fingerprint density at radius 1 is 1.22 bits per heavy atom. The van der Waals surface area contributed by atoms with Crippen molar-refractivity contribution in [2.24, 2.45) is 0 Å². The molecule has 0 saturated carbocycles. The second-order valence-corrected chi connectivity index (χ2v) is 8.69. The van der Waals surface area contributed by atoms with Crippen molar-refractivity contribution in [3.8, 4) is 11.3 Å². The minimum Gasteiger partial charge on any atom is -0.354 e. The van der Waals surface area contributed by atoms with Crippen molar-refractivity contribution in [1.29, 1.82) is 0 Å². The van der Waals surface area contributed by atoms with E-state index in [0.717, 1.165) is 17.4 Å². The number of carbonyl (C=O) groups is 2. The molecule has 1 aliphatic heterocycles. The van der Waals surface area contributed by atoms with E-state index in [0.29, 0.717) is 53.9 Å². The van der Waals surface area contributed by atoms with Crippen LogP contribution in [0.25, 0.3) is 21.3 Å². The van der Waals surface area contributed by atoms with Crippen LogP contribution in [0.3, 0.4) is 0 Å². The molecule has 1 saturated heterocycles. The quantitative estimate of drug-likeness (QED) is 0.435. The molecule has 0 radical (unpaired) electrons. The predicted octanol–water partition coefficient (Wildman–Crippen LogP) is 4.80. The molecule has 10 heteroatoms. The third kappa shape index (κ3) is 4.59. The SMILES string of the molecule is O=CNCc1cc2cc(-c3ccc(C(=O)N4CCC(F)CC4)cn3)cc(C(F)(F)F)c2s1. The summed E-state index contributed by atoms with van der Waals surface area (Å²) < 4.78 is 54.5. The van der Waals surface area contributed by atoms with Gasteiger partial charge in [-0.2, -0.15) is 13.2 Å². The van der Waals surface area contributed by atoms with E-state index in [1.807, 2.05) is 0 Å². The van der Waals surface area contributed by atoms with Crippen molar-refractivity contribution in [3.63, 3.8) is 0 Å². The zero-order chi connectivity index (χ0) is 22.9. The van der Waals surface area contributed by atoms with Crippen molar-refractivity contribution >= 4 is 33.7 Å². The number of nitrogens with zero attached hydrogens (tertiary/aromatic N) is 2. The van der Waals surface area contributed by atoms with Gasteiger partial charge in [0.05, 0.1) is 23.4 Å². The molecule has 0 atom stereocenters. The molecule has 1 aliphatic rings. The van der Waals surface area contributed by atoms with Gasteiger partial charge in [-0.05, 0) is 48.6 Å². The molecule has 3 heterocycles. The van der Waals surface area contributed by atoms with Gasteiger partial charge in [0.25, 0.3) is 5.91 Å². The normalized spacial score (nSPS) is 15.2. The van der Waals surface area contributed by atoms with E-state index in [1.165, 1.54) is 18.3 Å². The molecule has 2 aromatic heterocycles. The number of aromatic nitrogens is 1. The number of halogens is 4. The van der Waals surface area contributed by atoms with E-state index in [-0.39, 0.29) is 22.7 Å². The molecular weight excluding hydrogens is 446 g/mol. The maximum atomic E-state index is 13.7. The number of alkyl halides is 4. The molecule has 0 spiro atoms. The summed E-state index contributed by atoms with van der Waals surface area (Å²) in [5.74, 6) is -0.271. The van der Waals surface area contributed by atoms with Crippen LogP contribution < -0.4 is 5.32 Å². The van der Waals surface area contributed by atoms with E-state index in [2.05, 4.69) is 10.3 Å². The number of rotatable bonds is 5. The lowest BCUT2D eigenvalue weighted by molar-refractivity contribution is -0.136. The van der Waals surface area contributed by atoms with Crippen molar-refractivity contribution in [2.45, 2.75) is 31.7 Å². The molecule has 2 amide bonds. The molecular formula is C22H19F4N3O2S.